The number of hydrogen-bond acceptors (Lipinski definition) is 4. The second-order valence-electron chi connectivity index (χ2n) is 3.49. The molecule has 5 nitrogen and oxygen atoms in total. The molecule has 20 heavy (non-hydrogen) atoms. The molecule has 0 saturated carbocycles. The van der Waals surface area contributed by atoms with Gasteiger partial charge in [0.1, 0.15) is 0 Å². The first-order chi connectivity index (χ1) is 9.14. The molecular formula is C10H8F5NO4. The van der Waals surface area contributed by atoms with E-state index < -0.39 is 47.7 Å². The molecule has 112 valence electrons. The molecule has 1 N–H and O–H groups in total. The summed E-state index contributed by atoms with van der Waals surface area (Å²) >= 11 is 0. The van der Waals surface area contributed by atoms with Crippen LogP contribution in [0.2, 0.25) is 0 Å². The van der Waals surface area contributed by atoms with Crippen molar-refractivity contribution in [2.75, 3.05) is 7.11 Å². The second-order valence-corrected chi connectivity index (χ2v) is 3.49. The van der Waals surface area contributed by atoms with Crippen LogP contribution < -0.4 is 10.2 Å². The Morgan fingerprint density at radius 3 is 2.45 bits per heavy atom. The third-order valence-electron chi connectivity index (χ3n) is 2.12. The minimum Gasteiger partial charge on any atom is -0.469 e. The van der Waals surface area contributed by atoms with Gasteiger partial charge in [0.25, 0.3) is 6.43 Å². The van der Waals surface area contributed by atoms with Crippen molar-refractivity contribution < 1.29 is 36.2 Å². The van der Waals surface area contributed by atoms with Gasteiger partial charge < -0.3 is 14.5 Å². The average molecular weight is 301 g/mol. The monoisotopic (exact) mass is 301 g/mol. The van der Waals surface area contributed by atoms with E-state index in [0.717, 1.165) is 7.11 Å². The molecule has 0 radical (unpaired) electrons. The summed E-state index contributed by atoms with van der Waals surface area (Å²) in [5.41, 5.74) is -3.18. The fourth-order valence-electron chi connectivity index (χ4n) is 1.37. The maximum atomic E-state index is 12.7. The first-order valence-electron chi connectivity index (χ1n) is 5.01. The lowest BCUT2D eigenvalue weighted by atomic mass is 10.1. The van der Waals surface area contributed by atoms with Gasteiger partial charge in [-0.05, 0) is 0 Å². The van der Waals surface area contributed by atoms with Crippen molar-refractivity contribution in [1.82, 2.24) is 4.98 Å². The number of methoxy groups -OCH3 is 1. The van der Waals surface area contributed by atoms with E-state index in [1.54, 1.807) is 0 Å². The van der Waals surface area contributed by atoms with Gasteiger partial charge in [-0.15, -0.1) is 13.2 Å². The molecule has 0 amide bonds. The molecule has 1 aromatic rings. The van der Waals surface area contributed by atoms with Crippen LogP contribution in [0.5, 0.6) is 5.88 Å². The van der Waals surface area contributed by atoms with Crippen LogP contribution >= 0.6 is 0 Å². The number of alkyl halides is 5. The summed E-state index contributed by atoms with van der Waals surface area (Å²) < 4.78 is 69.0. The molecule has 0 saturated heterocycles. The number of esters is 1. The van der Waals surface area contributed by atoms with Gasteiger partial charge in [-0.25, -0.2) is 8.78 Å². The minimum absolute atomic E-state index is 0.232. The Balaban J connectivity index is 3.28. The highest BCUT2D eigenvalue weighted by Gasteiger charge is 2.32. The Morgan fingerprint density at radius 1 is 1.40 bits per heavy atom. The largest absolute Gasteiger partial charge is 0.574 e. The van der Waals surface area contributed by atoms with Crippen molar-refractivity contribution in [1.29, 1.82) is 0 Å². The molecule has 0 atom stereocenters. The van der Waals surface area contributed by atoms with E-state index in [0.29, 0.717) is 0 Å². The Kier molecular flexibility index (Phi) is 4.69. The summed E-state index contributed by atoms with van der Waals surface area (Å²) in [7, 11) is 0.957. The lowest BCUT2D eigenvalue weighted by Gasteiger charge is -2.12. The number of rotatable bonds is 4. The van der Waals surface area contributed by atoms with Crippen LogP contribution in [0.15, 0.2) is 10.9 Å². The molecule has 0 aliphatic heterocycles. The number of halogens is 5. The van der Waals surface area contributed by atoms with E-state index >= 15 is 0 Å². The van der Waals surface area contributed by atoms with E-state index in [4.69, 9.17) is 0 Å². The molecule has 1 rings (SSSR count). The molecule has 1 aromatic heterocycles. The van der Waals surface area contributed by atoms with E-state index in [9.17, 15) is 31.5 Å². The minimum atomic E-state index is -5.11. The number of ether oxygens (including phenoxy) is 2. The highest BCUT2D eigenvalue weighted by Crippen LogP contribution is 2.24. The van der Waals surface area contributed by atoms with Gasteiger partial charge in [-0.3, -0.25) is 9.59 Å². The summed E-state index contributed by atoms with van der Waals surface area (Å²) in [6.07, 6.45) is -9.20. The van der Waals surface area contributed by atoms with Crippen LogP contribution in [0.4, 0.5) is 22.0 Å². The van der Waals surface area contributed by atoms with E-state index in [2.05, 4.69) is 9.47 Å². The molecule has 0 aromatic carbocycles. The molecule has 0 fully saturated rings. The molecule has 0 spiro atoms. The van der Waals surface area contributed by atoms with Crippen LogP contribution in [0, 0.1) is 0 Å². The Labute approximate surface area is 108 Å². The third kappa shape index (κ3) is 4.21. The summed E-state index contributed by atoms with van der Waals surface area (Å²) in [6.45, 7) is 0. The molecule has 0 bridgehead atoms. The maximum absolute atomic E-state index is 12.7. The molecule has 0 unspecified atom stereocenters. The van der Waals surface area contributed by atoms with Gasteiger partial charge >= 0.3 is 12.3 Å². The van der Waals surface area contributed by atoms with Crippen LogP contribution in [0.25, 0.3) is 0 Å². The lowest BCUT2D eigenvalue weighted by Crippen LogP contribution is -2.23. The summed E-state index contributed by atoms with van der Waals surface area (Å²) in [4.78, 5) is 24.2. The quantitative estimate of drug-likeness (QED) is 0.681. The van der Waals surface area contributed by atoms with Crippen LogP contribution in [0.3, 0.4) is 0 Å². The number of aromatic amines is 1. The van der Waals surface area contributed by atoms with Crippen molar-refractivity contribution >= 4 is 5.97 Å². The normalized spacial score (nSPS) is 11.6. The van der Waals surface area contributed by atoms with Crippen LogP contribution in [-0.2, 0) is 16.0 Å². The number of nitrogens with one attached hydrogen (secondary N) is 1. The molecule has 1 heterocycles. The Hall–Kier alpha value is -2.13. The van der Waals surface area contributed by atoms with Gasteiger partial charge in [0.05, 0.1) is 19.1 Å². The zero-order valence-corrected chi connectivity index (χ0v) is 9.88. The SMILES string of the molecule is COC(=O)Cc1[nH]c(OC(F)(F)F)cc(=O)c1C(F)F. The molecule has 0 aliphatic rings. The number of carbonyl (C=O) groups excluding carboxylic acids is 1. The highest BCUT2D eigenvalue weighted by molar-refractivity contribution is 5.72. The van der Waals surface area contributed by atoms with Crippen LogP contribution in [0.1, 0.15) is 17.7 Å². The Morgan fingerprint density at radius 2 is 2.00 bits per heavy atom. The number of H-pyrrole nitrogens is 1. The second kappa shape index (κ2) is 5.88. The van der Waals surface area contributed by atoms with Gasteiger partial charge in [-0.2, -0.15) is 0 Å². The predicted molar refractivity (Wildman–Crippen MR) is 54.4 cm³/mol. The average Bonchev–Trinajstić information content (AvgIpc) is 2.24. The lowest BCUT2D eigenvalue weighted by molar-refractivity contribution is -0.276. The number of aromatic nitrogens is 1. The summed E-state index contributed by atoms with van der Waals surface area (Å²) in [6, 6.07) is 0.232. The zero-order valence-electron chi connectivity index (χ0n) is 9.88. The first kappa shape index (κ1) is 15.9. The first-order valence-corrected chi connectivity index (χ1v) is 5.01. The smallest absolute Gasteiger partial charge is 0.469 e. The predicted octanol–water partition coefficient (Wildman–Crippen LogP) is 1.93. The van der Waals surface area contributed by atoms with Gasteiger partial charge in [-0.1, -0.05) is 0 Å². The van der Waals surface area contributed by atoms with Crippen molar-refractivity contribution in [3.63, 3.8) is 0 Å². The van der Waals surface area contributed by atoms with Crippen LogP contribution in [-0.4, -0.2) is 24.4 Å². The Bertz CT molecular complexity index is 552. The van der Waals surface area contributed by atoms with Crippen molar-refractivity contribution in [3.05, 3.63) is 27.5 Å². The van der Waals surface area contributed by atoms with Gasteiger partial charge in [0, 0.05) is 11.8 Å². The van der Waals surface area contributed by atoms with E-state index in [1.807, 2.05) is 4.98 Å². The standard InChI is InChI=1S/C10H8F5NO4/c1-19-7(18)2-4-8(9(11)12)5(17)3-6(16-4)20-10(13,14)15/h3,9H,2H2,1H3,(H,16,17). The third-order valence-corrected chi connectivity index (χ3v) is 2.12. The fraction of sp³-hybridized carbons (Fsp3) is 0.400. The van der Waals surface area contributed by atoms with E-state index in [1.165, 1.54) is 0 Å². The topological polar surface area (TPSA) is 68.4 Å². The number of carbonyl (C=O) groups is 1. The maximum Gasteiger partial charge on any atom is 0.574 e. The molecular weight excluding hydrogens is 293 g/mol. The number of pyridine rings is 1. The fourth-order valence-corrected chi connectivity index (χ4v) is 1.37. The number of hydrogen-bond donors (Lipinski definition) is 1. The van der Waals surface area contributed by atoms with Crippen molar-refractivity contribution in [2.45, 2.75) is 19.2 Å². The van der Waals surface area contributed by atoms with Gasteiger partial charge in [0.15, 0.2) is 5.43 Å². The zero-order chi connectivity index (χ0) is 15.5. The highest BCUT2D eigenvalue weighted by atomic mass is 19.4. The van der Waals surface area contributed by atoms with Crippen molar-refractivity contribution in [3.8, 4) is 5.88 Å². The van der Waals surface area contributed by atoms with Gasteiger partial charge in [0.2, 0.25) is 5.88 Å². The molecule has 0 aliphatic carbocycles. The molecule has 10 heteroatoms. The summed E-state index contributed by atoms with van der Waals surface area (Å²) in [5.74, 6) is -2.10. The van der Waals surface area contributed by atoms with E-state index in [-0.39, 0.29) is 6.07 Å². The van der Waals surface area contributed by atoms with Crippen molar-refractivity contribution in [2.24, 2.45) is 0 Å². The summed E-state index contributed by atoms with van der Waals surface area (Å²) in [5, 5.41) is 0.